The van der Waals surface area contributed by atoms with E-state index in [-0.39, 0.29) is 42.1 Å². The quantitative estimate of drug-likeness (QED) is 0.549. The number of aliphatic hydroxyl groups is 1. The van der Waals surface area contributed by atoms with Crippen LogP contribution < -0.4 is 5.32 Å². The van der Waals surface area contributed by atoms with Crippen molar-refractivity contribution in [3.63, 3.8) is 0 Å². The first-order valence-corrected chi connectivity index (χ1v) is 11.7. The lowest BCUT2D eigenvalue weighted by atomic mass is 10.1. The number of aromatic nitrogens is 2. The fraction of sp³-hybridized carbons (Fsp3) is 0.500. The van der Waals surface area contributed by atoms with Gasteiger partial charge in [-0.2, -0.15) is 22.6 Å². The first-order valence-electron chi connectivity index (χ1n) is 10.3. The van der Waals surface area contributed by atoms with Crippen molar-refractivity contribution in [2.24, 2.45) is 7.05 Å². The standard InChI is InChI=1S/C20H25F3N4O5S/c1-26-17(12-18(25-26)20(21,22)23)19(29)24-14-5-7-16(8-6-14)33(30,31)27-9-3-2-4-15(27)13-32-11-10-28/h5-8,12,15,28H,2-4,9-11,13H2,1H3,(H,24,29). The monoisotopic (exact) mass is 490 g/mol. The maximum Gasteiger partial charge on any atom is 0.435 e. The van der Waals surface area contributed by atoms with E-state index in [1.807, 2.05) is 0 Å². The summed E-state index contributed by atoms with van der Waals surface area (Å²) in [4.78, 5) is 12.4. The van der Waals surface area contributed by atoms with Crippen LogP contribution in [0.2, 0.25) is 0 Å². The maximum absolute atomic E-state index is 13.1. The number of aliphatic hydroxyl groups excluding tert-OH is 1. The number of carbonyl (C=O) groups excluding carboxylic acids is 1. The Kier molecular flexibility index (Phi) is 7.77. The summed E-state index contributed by atoms with van der Waals surface area (Å²) in [5.41, 5.74) is -1.26. The van der Waals surface area contributed by atoms with Crippen LogP contribution >= 0.6 is 0 Å². The number of amides is 1. The minimum atomic E-state index is -4.68. The largest absolute Gasteiger partial charge is 0.435 e. The Labute approximate surface area is 189 Å². The number of rotatable bonds is 8. The molecule has 2 heterocycles. The average Bonchev–Trinajstić information content (AvgIpc) is 3.17. The molecule has 1 unspecified atom stereocenters. The van der Waals surface area contributed by atoms with Gasteiger partial charge in [-0.05, 0) is 37.1 Å². The Morgan fingerprint density at radius 1 is 1.27 bits per heavy atom. The van der Waals surface area contributed by atoms with Crippen LogP contribution in [0, 0.1) is 0 Å². The number of piperidine rings is 1. The predicted octanol–water partition coefficient (Wildman–Crippen LogP) is 2.24. The Morgan fingerprint density at radius 3 is 2.58 bits per heavy atom. The highest BCUT2D eigenvalue weighted by Gasteiger charge is 2.36. The molecule has 33 heavy (non-hydrogen) atoms. The highest BCUT2D eigenvalue weighted by atomic mass is 32.2. The van der Waals surface area contributed by atoms with Crippen molar-refractivity contribution in [3.8, 4) is 0 Å². The number of hydrogen-bond donors (Lipinski definition) is 2. The van der Waals surface area contributed by atoms with E-state index in [1.165, 1.54) is 35.6 Å². The molecule has 1 aliphatic rings. The van der Waals surface area contributed by atoms with Crippen molar-refractivity contribution >= 4 is 21.6 Å². The van der Waals surface area contributed by atoms with Crippen LogP contribution in [0.3, 0.4) is 0 Å². The molecule has 0 aliphatic carbocycles. The van der Waals surface area contributed by atoms with Crippen LogP contribution in [-0.2, 0) is 28.0 Å². The summed E-state index contributed by atoms with van der Waals surface area (Å²) in [7, 11) is -2.61. The van der Waals surface area contributed by atoms with Crippen LogP contribution in [0.25, 0.3) is 0 Å². The number of ether oxygens (including phenoxy) is 1. The van der Waals surface area contributed by atoms with E-state index < -0.39 is 27.8 Å². The number of halogens is 3. The van der Waals surface area contributed by atoms with Crippen LogP contribution in [0.5, 0.6) is 0 Å². The second kappa shape index (κ2) is 10.2. The summed E-state index contributed by atoms with van der Waals surface area (Å²) in [5.74, 6) is -0.812. The number of alkyl halides is 3. The molecule has 182 valence electrons. The molecule has 13 heteroatoms. The molecule has 1 saturated heterocycles. The zero-order valence-electron chi connectivity index (χ0n) is 17.9. The van der Waals surface area contributed by atoms with Gasteiger partial charge in [0.05, 0.1) is 24.7 Å². The van der Waals surface area contributed by atoms with Crippen molar-refractivity contribution in [2.75, 3.05) is 31.7 Å². The molecule has 2 N–H and O–H groups in total. The SMILES string of the molecule is Cn1nc(C(F)(F)F)cc1C(=O)Nc1ccc(S(=O)(=O)N2CCCCC2COCCO)cc1. The summed E-state index contributed by atoms with van der Waals surface area (Å²) < 4.78 is 72.3. The van der Waals surface area contributed by atoms with Gasteiger partial charge in [-0.15, -0.1) is 0 Å². The summed E-state index contributed by atoms with van der Waals surface area (Å²) in [6, 6.07) is 5.69. The molecule has 0 spiro atoms. The van der Waals surface area contributed by atoms with Crippen molar-refractivity contribution in [2.45, 2.75) is 36.4 Å². The Balaban J connectivity index is 1.72. The number of hydrogen-bond acceptors (Lipinski definition) is 6. The summed E-state index contributed by atoms with van der Waals surface area (Å²) in [6.07, 6.45) is -2.45. The first-order chi connectivity index (χ1) is 15.5. The normalized spacial score (nSPS) is 17.8. The third-order valence-corrected chi connectivity index (χ3v) is 7.21. The third-order valence-electron chi connectivity index (χ3n) is 5.24. The number of nitrogens with one attached hydrogen (secondary N) is 1. The third kappa shape index (κ3) is 5.91. The second-order valence-electron chi connectivity index (χ2n) is 7.58. The van der Waals surface area contributed by atoms with E-state index in [1.54, 1.807) is 0 Å². The average molecular weight is 491 g/mol. The van der Waals surface area contributed by atoms with E-state index >= 15 is 0 Å². The molecule has 0 saturated carbocycles. The summed E-state index contributed by atoms with van der Waals surface area (Å²) >= 11 is 0. The summed E-state index contributed by atoms with van der Waals surface area (Å²) in [5, 5.41) is 14.6. The van der Waals surface area contributed by atoms with Crippen molar-refractivity contribution in [1.29, 1.82) is 0 Å². The molecule has 1 atom stereocenters. The molecule has 9 nitrogen and oxygen atoms in total. The van der Waals surface area contributed by atoms with Gasteiger partial charge in [0.1, 0.15) is 5.69 Å². The molecule has 1 aromatic carbocycles. The predicted molar refractivity (Wildman–Crippen MR) is 112 cm³/mol. The molecular weight excluding hydrogens is 465 g/mol. The van der Waals surface area contributed by atoms with Gasteiger partial charge in [-0.3, -0.25) is 9.48 Å². The minimum Gasteiger partial charge on any atom is -0.394 e. The van der Waals surface area contributed by atoms with Gasteiger partial charge in [0, 0.05) is 31.4 Å². The van der Waals surface area contributed by atoms with Crippen molar-refractivity contribution in [3.05, 3.63) is 41.7 Å². The number of sulfonamides is 1. The fourth-order valence-corrected chi connectivity index (χ4v) is 5.28. The van der Waals surface area contributed by atoms with Gasteiger partial charge in [0.25, 0.3) is 5.91 Å². The highest BCUT2D eigenvalue weighted by Crippen LogP contribution is 2.29. The summed E-state index contributed by atoms with van der Waals surface area (Å²) in [6.45, 7) is 0.497. The van der Waals surface area contributed by atoms with E-state index in [0.29, 0.717) is 25.5 Å². The number of nitrogens with zero attached hydrogens (tertiary/aromatic N) is 3. The molecule has 0 radical (unpaired) electrons. The van der Waals surface area contributed by atoms with Gasteiger partial charge in [-0.25, -0.2) is 8.42 Å². The fourth-order valence-electron chi connectivity index (χ4n) is 3.60. The molecule has 2 aromatic rings. The molecule has 1 amide bonds. The van der Waals surface area contributed by atoms with Crippen LogP contribution in [0.1, 0.15) is 35.4 Å². The van der Waals surface area contributed by atoms with Gasteiger partial charge < -0.3 is 15.2 Å². The smallest absolute Gasteiger partial charge is 0.394 e. The molecule has 1 aromatic heterocycles. The zero-order valence-corrected chi connectivity index (χ0v) is 18.7. The van der Waals surface area contributed by atoms with Gasteiger partial charge in [-0.1, -0.05) is 6.42 Å². The number of carbonyl (C=O) groups is 1. The van der Waals surface area contributed by atoms with Crippen LogP contribution in [0.15, 0.2) is 35.2 Å². The van der Waals surface area contributed by atoms with Gasteiger partial charge in [0.15, 0.2) is 5.69 Å². The van der Waals surface area contributed by atoms with Crippen LogP contribution in [0.4, 0.5) is 18.9 Å². The van der Waals surface area contributed by atoms with E-state index in [0.717, 1.165) is 11.1 Å². The topological polar surface area (TPSA) is 114 Å². The first kappa shape index (κ1) is 25.1. The lowest BCUT2D eigenvalue weighted by molar-refractivity contribution is -0.141. The Bertz CT molecular complexity index is 1070. The van der Waals surface area contributed by atoms with Gasteiger partial charge >= 0.3 is 6.18 Å². The zero-order chi connectivity index (χ0) is 24.2. The maximum atomic E-state index is 13.1. The molecule has 1 fully saturated rings. The van der Waals surface area contributed by atoms with Crippen LogP contribution in [-0.4, -0.2) is 65.9 Å². The number of aryl methyl sites for hydroxylation is 1. The number of anilines is 1. The highest BCUT2D eigenvalue weighted by molar-refractivity contribution is 7.89. The van der Waals surface area contributed by atoms with Crippen molar-refractivity contribution in [1.82, 2.24) is 14.1 Å². The molecule has 3 rings (SSSR count). The molecule has 0 bridgehead atoms. The van der Waals surface area contributed by atoms with E-state index in [2.05, 4.69) is 10.4 Å². The Hall–Kier alpha value is -2.48. The lowest BCUT2D eigenvalue weighted by Crippen LogP contribution is -2.46. The number of benzene rings is 1. The molecule has 1 aliphatic heterocycles. The lowest BCUT2D eigenvalue weighted by Gasteiger charge is -2.34. The van der Waals surface area contributed by atoms with E-state index in [4.69, 9.17) is 9.84 Å². The molecular formula is C20H25F3N4O5S. The van der Waals surface area contributed by atoms with E-state index in [9.17, 15) is 26.4 Å². The minimum absolute atomic E-state index is 0.0226. The van der Waals surface area contributed by atoms with Crippen molar-refractivity contribution < 1.29 is 36.2 Å². The Morgan fingerprint density at radius 2 is 1.97 bits per heavy atom. The van der Waals surface area contributed by atoms with Gasteiger partial charge in [0.2, 0.25) is 10.0 Å². The second-order valence-corrected chi connectivity index (χ2v) is 9.47.